The van der Waals surface area contributed by atoms with Crippen molar-refractivity contribution in [3.63, 3.8) is 0 Å². The third kappa shape index (κ3) is 7.10. The molecule has 0 aliphatic carbocycles. The number of pyridine rings is 1. The molecule has 0 amide bonds. The van der Waals surface area contributed by atoms with E-state index in [9.17, 15) is 14.3 Å². The van der Waals surface area contributed by atoms with Gasteiger partial charge in [0.05, 0.1) is 18.1 Å². The van der Waals surface area contributed by atoms with E-state index in [4.69, 9.17) is 9.72 Å². The summed E-state index contributed by atoms with van der Waals surface area (Å²) < 4.78 is 20.5. The molecule has 0 unspecified atom stereocenters. The van der Waals surface area contributed by atoms with Crippen molar-refractivity contribution < 1.29 is 19.0 Å². The largest absolute Gasteiger partial charge is 0.480 e. The molecule has 0 fully saturated rings. The van der Waals surface area contributed by atoms with E-state index in [2.05, 4.69) is 37.8 Å². The van der Waals surface area contributed by atoms with Crippen LogP contribution in [0.3, 0.4) is 0 Å². The number of nitrogens with zero attached hydrogens (tertiary/aromatic N) is 6. The molecule has 12 heteroatoms. The summed E-state index contributed by atoms with van der Waals surface area (Å²) in [4.78, 5) is 27.0. The SMILES string of the molecule is CO[C@@H](F)CN(CCCCc1ccc2c(n1)NCCC2)CC[C@H](Nc1ncnc2c1cnn2C)C(=O)O. The van der Waals surface area contributed by atoms with Crippen molar-refractivity contribution in [1.29, 1.82) is 0 Å². The van der Waals surface area contributed by atoms with Crippen LogP contribution in [0.1, 0.15) is 36.9 Å². The number of carboxylic acids is 1. The molecular formula is C25H35FN8O3. The smallest absolute Gasteiger partial charge is 0.326 e. The maximum atomic E-state index is 14.1. The van der Waals surface area contributed by atoms with Crippen LogP contribution in [-0.2, 0) is 29.4 Å². The number of anilines is 2. The highest BCUT2D eigenvalue weighted by molar-refractivity contribution is 5.88. The molecule has 0 spiro atoms. The average molecular weight is 515 g/mol. The number of halogens is 1. The highest BCUT2D eigenvalue weighted by atomic mass is 19.1. The van der Waals surface area contributed by atoms with Crippen molar-refractivity contribution in [3.8, 4) is 0 Å². The number of fused-ring (bicyclic) bond motifs is 2. The molecule has 1 aliphatic rings. The van der Waals surface area contributed by atoms with Crippen LogP contribution < -0.4 is 10.6 Å². The summed E-state index contributed by atoms with van der Waals surface area (Å²) in [6.07, 6.45) is 6.54. The van der Waals surface area contributed by atoms with Gasteiger partial charge in [0, 0.05) is 32.9 Å². The molecule has 11 nitrogen and oxygen atoms in total. The van der Waals surface area contributed by atoms with E-state index in [0.29, 0.717) is 29.9 Å². The van der Waals surface area contributed by atoms with E-state index in [0.717, 1.165) is 50.2 Å². The molecule has 0 bridgehead atoms. The number of carboxylic acid groups (broad SMARTS) is 1. The number of ether oxygens (including phenoxy) is 1. The monoisotopic (exact) mass is 514 g/mol. The second-order valence-corrected chi connectivity index (χ2v) is 9.30. The maximum Gasteiger partial charge on any atom is 0.326 e. The Labute approximate surface area is 215 Å². The van der Waals surface area contributed by atoms with Crippen molar-refractivity contribution >= 4 is 28.6 Å². The minimum atomic E-state index is -1.44. The van der Waals surface area contributed by atoms with E-state index in [1.54, 1.807) is 17.9 Å². The molecule has 3 N–H and O–H groups in total. The van der Waals surface area contributed by atoms with Gasteiger partial charge in [-0.1, -0.05) is 6.07 Å². The lowest BCUT2D eigenvalue weighted by Gasteiger charge is -2.25. The first kappa shape index (κ1) is 26.7. The van der Waals surface area contributed by atoms with Crippen LogP contribution in [-0.4, -0.2) is 86.4 Å². The van der Waals surface area contributed by atoms with E-state index in [-0.39, 0.29) is 13.0 Å². The van der Waals surface area contributed by atoms with Gasteiger partial charge >= 0.3 is 5.97 Å². The first-order valence-electron chi connectivity index (χ1n) is 12.7. The molecule has 3 aromatic rings. The third-order valence-electron chi connectivity index (χ3n) is 6.64. The summed E-state index contributed by atoms with van der Waals surface area (Å²) in [5, 5.41) is 21.0. The van der Waals surface area contributed by atoms with Gasteiger partial charge in [-0.05, 0) is 56.7 Å². The number of hydrogen-bond acceptors (Lipinski definition) is 9. The lowest BCUT2D eigenvalue weighted by molar-refractivity contribution is -0.138. The van der Waals surface area contributed by atoms with Crippen molar-refractivity contribution in [2.24, 2.45) is 7.05 Å². The first-order chi connectivity index (χ1) is 17.9. The first-order valence-corrected chi connectivity index (χ1v) is 12.7. The number of hydrogen-bond donors (Lipinski definition) is 3. The van der Waals surface area contributed by atoms with Crippen LogP contribution in [0.2, 0.25) is 0 Å². The molecular weight excluding hydrogens is 479 g/mol. The summed E-state index contributed by atoms with van der Waals surface area (Å²) >= 11 is 0. The fraction of sp³-hybridized carbons (Fsp3) is 0.560. The van der Waals surface area contributed by atoms with E-state index in [1.165, 1.54) is 19.0 Å². The molecule has 3 aromatic heterocycles. The van der Waals surface area contributed by atoms with E-state index < -0.39 is 18.4 Å². The molecule has 1 aliphatic heterocycles. The van der Waals surface area contributed by atoms with Gasteiger partial charge in [0.2, 0.25) is 6.36 Å². The van der Waals surface area contributed by atoms with Gasteiger partial charge in [-0.15, -0.1) is 0 Å². The normalized spacial score (nSPS) is 14.8. The van der Waals surface area contributed by atoms with Gasteiger partial charge in [-0.2, -0.15) is 5.10 Å². The fourth-order valence-corrected chi connectivity index (χ4v) is 4.53. The zero-order valence-electron chi connectivity index (χ0n) is 21.4. The second-order valence-electron chi connectivity index (χ2n) is 9.30. The van der Waals surface area contributed by atoms with E-state index >= 15 is 0 Å². The number of aryl methyl sites for hydroxylation is 3. The Morgan fingerprint density at radius 2 is 2.19 bits per heavy atom. The topological polar surface area (TPSA) is 130 Å². The molecule has 0 radical (unpaired) electrons. The third-order valence-corrected chi connectivity index (χ3v) is 6.64. The number of unbranched alkanes of at least 4 members (excludes halogenated alkanes) is 1. The summed E-state index contributed by atoms with van der Waals surface area (Å²) in [6, 6.07) is 3.33. The van der Waals surface area contributed by atoms with E-state index in [1.807, 2.05) is 4.90 Å². The van der Waals surface area contributed by atoms with Crippen LogP contribution in [0.4, 0.5) is 16.0 Å². The Hall–Kier alpha value is -3.38. The maximum absolute atomic E-state index is 14.1. The van der Waals surface area contributed by atoms with Crippen molar-refractivity contribution in [1.82, 2.24) is 29.6 Å². The zero-order chi connectivity index (χ0) is 26.2. The number of nitrogens with one attached hydrogen (secondary N) is 2. The minimum absolute atomic E-state index is 0.0736. The average Bonchev–Trinajstić information content (AvgIpc) is 3.29. The molecule has 37 heavy (non-hydrogen) atoms. The Bertz CT molecular complexity index is 1190. The zero-order valence-corrected chi connectivity index (χ0v) is 21.4. The van der Waals surface area contributed by atoms with Crippen molar-refractivity contribution in [3.05, 3.63) is 35.9 Å². The summed E-state index contributed by atoms with van der Waals surface area (Å²) in [7, 11) is 3.09. The van der Waals surface area contributed by atoms with Gasteiger partial charge in [0.15, 0.2) is 5.65 Å². The number of methoxy groups -OCH3 is 1. The highest BCUT2D eigenvalue weighted by Gasteiger charge is 2.22. The summed E-state index contributed by atoms with van der Waals surface area (Å²) in [6.45, 7) is 2.04. The number of alkyl halides is 1. The minimum Gasteiger partial charge on any atom is -0.480 e. The van der Waals surface area contributed by atoms with Crippen molar-refractivity contribution in [2.75, 3.05) is 43.9 Å². The lowest BCUT2D eigenvalue weighted by Crippen LogP contribution is -2.38. The van der Waals surface area contributed by atoms with Gasteiger partial charge in [-0.3, -0.25) is 9.58 Å². The van der Waals surface area contributed by atoms with Gasteiger partial charge in [0.25, 0.3) is 0 Å². The molecule has 0 saturated heterocycles. The molecule has 200 valence electrons. The summed E-state index contributed by atoms with van der Waals surface area (Å²) in [5.41, 5.74) is 2.91. The molecule has 0 aromatic carbocycles. The molecule has 0 saturated carbocycles. The predicted octanol–water partition coefficient (Wildman–Crippen LogP) is 2.64. The van der Waals surface area contributed by atoms with Crippen molar-refractivity contribution in [2.45, 2.75) is 50.9 Å². The lowest BCUT2D eigenvalue weighted by atomic mass is 10.1. The van der Waals surface area contributed by atoms with Crippen LogP contribution >= 0.6 is 0 Å². The molecule has 4 heterocycles. The van der Waals surface area contributed by atoms with Crippen LogP contribution in [0.5, 0.6) is 0 Å². The van der Waals surface area contributed by atoms with Gasteiger partial charge in [0.1, 0.15) is 24.0 Å². The van der Waals surface area contributed by atoms with Crippen LogP contribution in [0, 0.1) is 0 Å². The predicted molar refractivity (Wildman–Crippen MR) is 138 cm³/mol. The van der Waals surface area contributed by atoms with Crippen LogP contribution in [0.15, 0.2) is 24.7 Å². The Kier molecular flexibility index (Phi) is 9.18. The van der Waals surface area contributed by atoms with Crippen LogP contribution in [0.25, 0.3) is 11.0 Å². The Morgan fingerprint density at radius 3 is 3.00 bits per heavy atom. The number of aromatic nitrogens is 5. The fourth-order valence-electron chi connectivity index (χ4n) is 4.53. The Morgan fingerprint density at radius 1 is 1.32 bits per heavy atom. The molecule has 4 rings (SSSR count). The second kappa shape index (κ2) is 12.7. The quantitative estimate of drug-likeness (QED) is 0.276. The van der Waals surface area contributed by atoms with Gasteiger partial charge in [-0.25, -0.2) is 24.1 Å². The number of carbonyl (C=O) groups is 1. The molecule has 2 atom stereocenters. The highest BCUT2D eigenvalue weighted by Crippen LogP contribution is 2.21. The summed E-state index contributed by atoms with van der Waals surface area (Å²) in [5.74, 6) is 0.390. The Balaban J connectivity index is 1.32. The number of aliphatic carboxylic acids is 1. The number of rotatable bonds is 14. The van der Waals surface area contributed by atoms with Gasteiger partial charge < -0.3 is 20.5 Å². The standard InChI is InChI=1S/C25H35FN8O3/c1-33-24-19(14-30-33)23(28-16-29-24)32-20(25(35)36)10-13-34(15-21(26)37-2)12-4-3-7-18-9-8-17-6-5-11-27-22(17)31-18/h8-9,14,16,20-21H,3-7,10-13,15H2,1-2H3,(H,27,31)(H,35,36)(H,28,29,32)/t20-,21+/m0/s1.